The van der Waals surface area contributed by atoms with E-state index < -0.39 is 11.0 Å². The third-order valence-electron chi connectivity index (χ3n) is 4.56. The Hall–Kier alpha value is -1.37. The molecular formula is C16H21NO2. The van der Waals surface area contributed by atoms with Crippen molar-refractivity contribution in [2.45, 2.75) is 39.2 Å². The molecule has 1 aromatic carbocycles. The molecule has 2 rings (SSSR count). The molecule has 19 heavy (non-hydrogen) atoms. The molecule has 1 fully saturated rings. The van der Waals surface area contributed by atoms with Crippen molar-refractivity contribution in [3.63, 3.8) is 0 Å². The highest BCUT2D eigenvalue weighted by molar-refractivity contribution is 5.35. The maximum atomic E-state index is 11.0. The van der Waals surface area contributed by atoms with E-state index in [2.05, 4.69) is 6.07 Å². The lowest BCUT2D eigenvalue weighted by Crippen LogP contribution is -2.46. The van der Waals surface area contributed by atoms with Crippen LogP contribution in [0.3, 0.4) is 0 Å². The molecule has 1 aromatic rings. The first kappa shape index (κ1) is 14.0. The number of rotatable bonds is 2. The van der Waals surface area contributed by atoms with Gasteiger partial charge in [-0.2, -0.15) is 5.26 Å². The molecule has 0 aromatic heterocycles. The van der Waals surface area contributed by atoms with Crippen LogP contribution in [0, 0.1) is 30.6 Å². The molecule has 0 amide bonds. The zero-order valence-corrected chi connectivity index (χ0v) is 11.9. The molecule has 1 unspecified atom stereocenters. The maximum Gasteiger partial charge on any atom is 0.106 e. The van der Waals surface area contributed by atoms with E-state index in [1.165, 1.54) is 5.56 Å². The van der Waals surface area contributed by atoms with E-state index in [-0.39, 0.29) is 0 Å². The van der Waals surface area contributed by atoms with Crippen molar-refractivity contribution in [1.29, 1.82) is 5.26 Å². The number of hydrogen-bond donors (Lipinski definition) is 1. The van der Waals surface area contributed by atoms with E-state index in [9.17, 15) is 10.4 Å². The summed E-state index contributed by atoms with van der Waals surface area (Å²) in [5.41, 5.74) is 1.24. The van der Waals surface area contributed by atoms with E-state index in [0.717, 1.165) is 11.1 Å². The van der Waals surface area contributed by atoms with Gasteiger partial charge < -0.3 is 9.84 Å². The number of aryl methyl sites for hydroxylation is 2. The first-order valence-electron chi connectivity index (χ1n) is 6.72. The fourth-order valence-electron chi connectivity index (χ4n) is 2.75. The quantitative estimate of drug-likeness (QED) is 0.888. The third-order valence-corrected chi connectivity index (χ3v) is 4.56. The second kappa shape index (κ2) is 4.96. The van der Waals surface area contributed by atoms with Gasteiger partial charge in [-0.3, -0.25) is 0 Å². The van der Waals surface area contributed by atoms with Crippen molar-refractivity contribution >= 4 is 0 Å². The minimum absolute atomic E-state index is 0.536. The molecule has 3 heteroatoms. The molecule has 1 saturated heterocycles. The summed E-state index contributed by atoms with van der Waals surface area (Å²) in [5, 5.41) is 20.6. The average Bonchev–Trinajstić information content (AvgIpc) is 2.42. The van der Waals surface area contributed by atoms with Gasteiger partial charge in [0.25, 0.3) is 0 Å². The summed E-state index contributed by atoms with van der Waals surface area (Å²) in [6, 6.07) is 8.28. The number of aliphatic hydroxyl groups is 1. The molecule has 1 atom stereocenters. The second-order valence-corrected chi connectivity index (χ2v) is 5.68. The van der Waals surface area contributed by atoms with Gasteiger partial charge in [-0.15, -0.1) is 0 Å². The van der Waals surface area contributed by atoms with Crippen molar-refractivity contribution in [3.05, 3.63) is 34.9 Å². The Labute approximate surface area is 114 Å². The predicted molar refractivity (Wildman–Crippen MR) is 73.6 cm³/mol. The largest absolute Gasteiger partial charge is 0.384 e. The van der Waals surface area contributed by atoms with Crippen LogP contribution in [0.4, 0.5) is 0 Å². The van der Waals surface area contributed by atoms with Gasteiger partial charge in [0, 0.05) is 13.2 Å². The van der Waals surface area contributed by atoms with E-state index in [4.69, 9.17) is 4.74 Å². The van der Waals surface area contributed by atoms with Gasteiger partial charge in [-0.1, -0.05) is 18.2 Å². The minimum atomic E-state index is -1.15. The molecule has 1 heterocycles. The Morgan fingerprint density at radius 2 is 1.89 bits per heavy atom. The van der Waals surface area contributed by atoms with Crippen LogP contribution in [0.25, 0.3) is 0 Å². The van der Waals surface area contributed by atoms with Gasteiger partial charge in [-0.25, -0.2) is 0 Å². The average molecular weight is 259 g/mol. The molecule has 102 valence electrons. The number of nitriles is 1. The molecular weight excluding hydrogens is 238 g/mol. The van der Waals surface area contributed by atoms with Crippen LogP contribution in [-0.2, 0) is 10.3 Å². The molecule has 0 saturated carbocycles. The number of benzene rings is 1. The summed E-state index contributed by atoms with van der Waals surface area (Å²) < 4.78 is 5.34. The van der Waals surface area contributed by atoms with Gasteiger partial charge in [0.15, 0.2) is 0 Å². The summed E-state index contributed by atoms with van der Waals surface area (Å²) >= 11 is 0. The minimum Gasteiger partial charge on any atom is -0.384 e. The third kappa shape index (κ3) is 2.27. The smallest absolute Gasteiger partial charge is 0.106 e. The topological polar surface area (TPSA) is 53.2 Å². The lowest BCUT2D eigenvalue weighted by Gasteiger charge is -2.43. The van der Waals surface area contributed by atoms with Crippen molar-refractivity contribution in [2.24, 2.45) is 5.41 Å². The van der Waals surface area contributed by atoms with Crippen molar-refractivity contribution < 1.29 is 9.84 Å². The Morgan fingerprint density at radius 1 is 1.26 bits per heavy atom. The van der Waals surface area contributed by atoms with Crippen LogP contribution in [0.15, 0.2) is 18.2 Å². The van der Waals surface area contributed by atoms with Crippen LogP contribution in [-0.4, -0.2) is 18.3 Å². The van der Waals surface area contributed by atoms with Gasteiger partial charge >= 0.3 is 0 Å². The monoisotopic (exact) mass is 259 g/mol. The molecule has 3 nitrogen and oxygen atoms in total. The summed E-state index contributed by atoms with van der Waals surface area (Å²) in [4.78, 5) is 0. The van der Waals surface area contributed by atoms with Gasteiger partial charge in [0.1, 0.15) is 5.60 Å². The predicted octanol–water partition coefficient (Wildman–Crippen LogP) is 2.83. The summed E-state index contributed by atoms with van der Waals surface area (Å²) in [7, 11) is 0. The molecule has 0 aliphatic carbocycles. The van der Waals surface area contributed by atoms with E-state index in [1.807, 2.05) is 32.0 Å². The lowest BCUT2D eigenvalue weighted by molar-refractivity contribution is -0.0975. The van der Waals surface area contributed by atoms with Gasteiger partial charge in [-0.05, 0) is 50.3 Å². The molecule has 0 spiro atoms. The molecule has 1 aliphatic rings. The Bertz CT molecular complexity index is 508. The van der Waals surface area contributed by atoms with Crippen LogP contribution in [0.5, 0.6) is 0 Å². The van der Waals surface area contributed by atoms with Crippen molar-refractivity contribution in [1.82, 2.24) is 0 Å². The van der Waals surface area contributed by atoms with E-state index >= 15 is 0 Å². The van der Waals surface area contributed by atoms with Crippen LogP contribution in [0.1, 0.15) is 36.5 Å². The maximum absolute atomic E-state index is 11.0. The molecule has 0 bridgehead atoms. The number of hydrogen-bond acceptors (Lipinski definition) is 3. The second-order valence-electron chi connectivity index (χ2n) is 5.68. The molecule has 1 N–H and O–H groups in total. The summed E-state index contributed by atoms with van der Waals surface area (Å²) in [6.45, 7) is 6.90. The first-order valence-corrected chi connectivity index (χ1v) is 6.72. The number of ether oxygens (including phenoxy) is 1. The van der Waals surface area contributed by atoms with E-state index in [0.29, 0.717) is 26.1 Å². The lowest BCUT2D eigenvalue weighted by atomic mass is 9.65. The van der Waals surface area contributed by atoms with Gasteiger partial charge in [0.2, 0.25) is 0 Å². The molecule has 1 aliphatic heterocycles. The van der Waals surface area contributed by atoms with E-state index in [1.54, 1.807) is 6.92 Å². The Morgan fingerprint density at radius 3 is 2.42 bits per heavy atom. The highest BCUT2D eigenvalue weighted by atomic mass is 16.5. The van der Waals surface area contributed by atoms with Crippen molar-refractivity contribution in [2.75, 3.05) is 13.2 Å². The zero-order valence-electron chi connectivity index (χ0n) is 11.9. The fraction of sp³-hybridized carbons (Fsp3) is 0.562. The molecule has 0 radical (unpaired) electrons. The first-order chi connectivity index (χ1) is 8.93. The van der Waals surface area contributed by atoms with Gasteiger partial charge in [0.05, 0.1) is 11.5 Å². The van der Waals surface area contributed by atoms with Crippen LogP contribution < -0.4 is 0 Å². The van der Waals surface area contributed by atoms with Crippen LogP contribution in [0.2, 0.25) is 0 Å². The Balaban J connectivity index is 2.45. The highest BCUT2D eigenvalue weighted by Crippen LogP contribution is 2.46. The highest BCUT2D eigenvalue weighted by Gasteiger charge is 2.49. The fourth-order valence-corrected chi connectivity index (χ4v) is 2.75. The standard InChI is InChI=1S/C16H21NO2/c1-12-4-5-14(10-13(12)2)15(3,18)16(11-17)6-8-19-9-7-16/h4-5,10,18H,6-9H2,1-3H3. The van der Waals surface area contributed by atoms with Crippen LogP contribution >= 0.6 is 0 Å². The zero-order chi connectivity index (χ0) is 14.1. The summed E-state index contributed by atoms with van der Waals surface area (Å²) in [6.07, 6.45) is 1.15. The van der Waals surface area contributed by atoms with Crippen molar-refractivity contribution in [3.8, 4) is 6.07 Å². The Kier molecular flexibility index (Phi) is 3.66. The SMILES string of the molecule is Cc1ccc(C(C)(O)C2(C#N)CCOCC2)cc1C. The summed E-state index contributed by atoms with van der Waals surface area (Å²) in [5.74, 6) is 0. The number of nitrogens with zero attached hydrogens (tertiary/aromatic N) is 1. The normalized spacial score (nSPS) is 21.4.